The van der Waals surface area contributed by atoms with Gasteiger partial charge in [0.1, 0.15) is 11.5 Å². The summed E-state index contributed by atoms with van der Waals surface area (Å²) in [4.78, 5) is 25.9. The monoisotopic (exact) mass is 753 g/mol. The van der Waals surface area contributed by atoms with Crippen LogP contribution in [0, 0.1) is 47.3 Å². The Labute approximate surface area is 335 Å². The van der Waals surface area contributed by atoms with Crippen molar-refractivity contribution in [2.75, 3.05) is 0 Å². The summed E-state index contributed by atoms with van der Waals surface area (Å²) in [6.07, 6.45) is 33.8. The lowest BCUT2D eigenvalue weighted by Crippen LogP contribution is -2.30. The fraction of sp³-hybridized carbons (Fsp3) is 0.725. The first kappa shape index (κ1) is 42.0. The van der Waals surface area contributed by atoms with Crippen LogP contribution in [0.25, 0.3) is 0 Å². The van der Waals surface area contributed by atoms with Gasteiger partial charge in [0.05, 0.1) is 11.8 Å². The van der Waals surface area contributed by atoms with Crippen LogP contribution in [0.2, 0.25) is 0 Å². The summed E-state index contributed by atoms with van der Waals surface area (Å²) in [5.74, 6) is 6.89. The molecular formula is C51H76O4. The lowest BCUT2D eigenvalue weighted by atomic mass is 9.69. The molecule has 4 aliphatic carbocycles. The van der Waals surface area contributed by atoms with E-state index in [9.17, 15) is 9.59 Å². The molecule has 4 saturated carbocycles. The van der Waals surface area contributed by atoms with E-state index in [1.807, 2.05) is 24.3 Å². The van der Waals surface area contributed by atoms with Crippen LogP contribution in [-0.4, -0.2) is 11.9 Å². The molecule has 0 amide bonds. The van der Waals surface area contributed by atoms with Crippen LogP contribution < -0.4 is 9.47 Å². The molecule has 0 radical (unpaired) electrons. The second-order valence-corrected chi connectivity index (χ2v) is 18.7. The number of esters is 2. The Balaban J connectivity index is 0.757. The highest BCUT2D eigenvalue weighted by Gasteiger charge is 2.35. The number of hydrogen-bond donors (Lipinski definition) is 0. The predicted octanol–water partition coefficient (Wildman–Crippen LogP) is 14.1. The quantitative estimate of drug-likeness (QED) is 0.0864. The minimum absolute atomic E-state index is 0.0156. The van der Waals surface area contributed by atoms with Gasteiger partial charge in [-0.1, -0.05) is 109 Å². The number of benzene rings is 2. The molecule has 0 atom stereocenters. The molecule has 0 unspecified atom stereocenters. The Morgan fingerprint density at radius 3 is 1.02 bits per heavy atom. The summed E-state index contributed by atoms with van der Waals surface area (Å²) < 4.78 is 11.7. The smallest absolute Gasteiger partial charge is 0.314 e. The standard InChI is InChI=1S/C51H76O4/c1-3-38-14-22-42(23-15-38)44-26-30-46(31-27-44)50(52)54-48-34-18-40(19-35-48)12-10-8-6-5-7-9-11-13-41-20-36-49(37-21-41)55-51(53)47-32-28-45(29-33-47)43-24-16-39(4-2)17-25-43/h18-21,34-39,42-47H,3-17,22-33H2,1-2H3. The largest absolute Gasteiger partial charge is 0.426 e. The lowest BCUT2D eigenvalue weighted by Gasteiger charge is -2.37. The molecule has 2 aromatic rings. The summed E-state index contributed by atoms with van der Waals surface area (Å²) >= 11 is 0. The number of ether oxygens (including phenoxy) is 2. The minimum Gasteiger partial charge on any atom is -0.426 e. The van der Waals surface area contributed by atoms with Crippen LogP contribution in [0.3, 0.4) is 0 Å². The van der Waals surface area contributed by atoms with E-state index in [2.05, 4.69) is 38.1 Å². The number of unbranched alkanes of at least 4 members (excludes halogenated alkanes) is 6. The highest BCUT2D eigenvalue weighted by Crippen LogP contribution is 2.43. The number of carbonyl (C=O) groups excluding carboxylic acids is 2. The summed E-state index contributed by atoms with van der Waals surface area (Å²) in [5.41, 5.74) is 2.67. The Bertz CT molecular complexity index is 1270. The average molecular weight is 753 g/mol. The van der Waals surface area contributed by atoms with Gasteiger partial charge in [0.25, 0.3) is 0 Å². The lowest BCUT2D eigenvalue weighted by molar-refractivity contribution is -0.141. The first-order valence-corrected chi connectivity index (χ1v) is 23.6. The van der Waals surface area contributed by atoms with Crippen LogP contribution in [0.1, 0.15) is 185 Å². The van der Waals surface area contributed by atoms with Crippen LogP contribution in [0.5, 0.6) is 11.5 Å². The third kappa shape index (κ3) is 13.2. The van der Waals surface area contributed by atoms with Gasteiger partial charge in [0, 0.05) is 0 Å². The van der Waals surface area contributed by atoms with Crippen molar-refractivity contribution < 1.29 is 19.1 Å². The normalized spacial score (nSPS) is 28.7. The summed E-state index contributed by atoms with van der Waals surface area (Å²) in [5, 5.41) is 0. The van der Waals surface area contributed by atoms with Gasteiger partial charge in [0.2, 0.25) is 0 Å². The second kappa shape index (κ2) is 22.4. The topological polar surface area (TPSA) is 52.6 Å². The molecule has 4 aliphatic rings. The number of carbonyl (C=O) groups is 2. The van der Waals surface area contributed by atoms with Gasteiger partial charge in [0.15, 0.2) is 0 Å². The van der Waals surface area contributed by atoms with Gasteiger partial charge in [-0.15, -0.1) is 0 Å². The van der Waals surface area contributed by atoms with Gasteiger partial charge in [-0.05, 0) is 174 Å². The summed E-state index contributed by atoms with van der Waals surface area (Å²) in [6, 6.07) is 16.6. The van der Waals surface area contributed by atoms with E-state index in [1.54, 1.807) is 0 Å². The number of hydrogen-bond acceptors (Lipinski definition) is 4. The van der Waals surface area contributed by atoms with Crippen molar-refractivity contribution in [3.05, 3.63) is 59.7 Å². The molecule has 2 aromatic carbocycles. The molecule has 6 rings (SSSR count). The molecule has 0 saturated heterocycles. The number of aryl methyl sites for hydroxylation is 2. The van der Waals surface area contributed by atoms with Gasteiger partial charge in [-0.3, -0.25) is 9.59 Å². The maximum Gasteiger partial charge on any atom is 0.314 e. The Morgan fingerprint density at radius 1 is 0.418 bits per heavy atom. The molecule has 0 heterocycles. The number of rotatable bonds is 18. The third-order valence-electron chi connectivity index (χ3n) is 15.2. The predicted molar refractivity (Wildman–Crippen MR) is 226 cm³/mol. The molecule has 304 valence electrons. The zero-order valence-electron chi connectivity index (χ0n) is 35.0. The summed E-state index contributed by atoms with van der Waals surface area (Å²) in [7, 11) is 0. The molecular weight excluding hydrogens is 677 g/mol. The minimum atomic E-state index is -0.0156. The zero-order chi connectivity index (χ0) is 38.2. The van der Waals surface area contributed by atoms with E-state index in [-0.39, 0.29) is 23.8 Å². The van der Waals surface area contributed by atoms with E-state index in [1.165, 1.54) is 146 Å². The molecule has 0 aliphatic heterocycles. The van der Waals surface area contributed by atoms with Crippen molar-refractivity contribution in [2.24, 2.45) is 47.3 Å². The van der Waals surface area contributed by atoms with Crippen molar-refractivity contribution in [3.63, 3.8) is 0 Å². The van der Waals surface area contributed by atoms with Crippen molar-refractivity contribution in [1.82, 2.24) is 0 Å². The maximum atomic E-state index is 12.9. The van der Waals surface area contributed by atoms with Gasteiger partial charge in [-0.2, -0.15) is 0 Å². The molecule has 4 heteroatoms. The summed E-state index contributed by atoms with van der Waals surface area (Å²) in [6.45, 7) is 4.68. The first-order valence-electron chi connectivity index (χ1n) is 23.6. The van der Waals surface area contributed by atoms with E-state index in [0.717, 1.165) is 74.0 Å². The third-order valence-corrected chi connectivity index (χ3v) is 15.2. The van der Waals surface area contributed by atoms with Crippen molar-refractivity contribution in [1.29, 1.82) is 0 Å². The van der Waals surface area contributed by atoms with Gasteiger partial charge < -0.3 is 9.47 Å². The van der Waals surface area contributed by atoms with Crippen LogP contribution in [-0.2, 0) is 22.4 Å². The van der Waals surface area contributed by atoms with E-state index in [0.29, 0.717) is 11.5 Å². The highest BCUT2D eigenvalue weighted by molar-refractivity contribution is 5.75. The second-order valence-electron chi connectivity index (χ2n) is 18.7. The molecule has 0 bridgehead atoms. The van der Waals surface area contributed by atoms with Crippen molar-refractivity contribution >= 4 is 11.9 Å². The average Bonchev–Trinajstić information content (AvgIpc) is 3.24. The van der Waals surface area contributed by atoms with Crippen LogP contribution >= 0.6 is 0 Å². The Hall–Kier alpha value is -2.62. The molecule has 4 fully saturated rings. The van der Waals surface area contributed by atoms with E-state index in [4.69, 9.17) is 9.47 Å². The molecule has 55 heavy (non-hydrogen) atoms. The maximum absolute atomic E-state index is 12.9. The Kier molecular flexibility index (Phi) is 17.1. The van der Waals surface area contributed by atoms with Crippen molar-refractivity contribution in [2.45, 2.75) is 187 Å². The molecule has 0 N–H and O–H groups in total. The molecule has 0 spiro atoms. The zero-order valence-corrected chi connectivity index (χ0v) is 35.0. The van der Waals surface area contributed by atoms with Crippen molar-refractivity contribution in [3.8, 4) is 11.5 Å². The van der Waals surface area contributed by atoms with Gasteiger partial charge >= 0.3 is 11.9 Å². The van der Waals surface area contributed by atoms with E-state index >= 15 is 0 Å². The van der Waals surface area contributed by atoms with Crippen LogP contribution in [0.15, 0.2) is 48.5 Å². The van der Waals surface area contributed by atoms with E-state index < -0.39 is 0 Å². The fourth-order valence-electron chi connectivity index (χ4n) is 11.2. The molecule has 4 nitrogen and oxygen atoms in total. The first-order chi connectivity index (χ1) is 27.0. The van der Waals surface area contributed by atoms with Gasteiger partial charge in [-0.25, -0.2) is 0 Å². The van der Waals surface area contributed by atoms with Crippen LogP contribution in [0.4, 0.5) is 0 Å². The Morgan fingerprint density at radius 2 is 0.709 bits per heavy atom. The fourth-order valence-corrected chi connectivity index (χ4v) is 11.2. The molecule has 0 aromatic heterocycles. The highest BCUT2D eigenvalue weighted by atomic mass is 16.5. The SMILES string of the molecule is CCC1CCC(C2CCC(C(=O)Oc3ccc(CCCCCCCCCc4ccc(OC(=O)C5CCC(C6CCC(CC)CC6)CC5)cc4)cc3)CC2)CC1.